The van der Waals surface area contributed by atoms with E-state index in [9.17, 15) is 4.79 Å². The monoisotopic (exact) mass is 264 g/mol. The summed E-state index contributed by atoms with van der Waals surface area (Å²) in [5.41, 5.74) is 1.60. The van der Waals surface area contributed by atoms with Gasteiger partial charge in [-0.3, -0.25) is 4.79 Å². The molecule has 5 heteroatoms. The molecule has 1 aromatic carbocycles. The van der Waals surface area contributed by atoms with Crippen LogP contribution in [0.15, 0.2) is 18.2 Å². The van der Waals surface area contributed by atoms with Gasteiger partial charge < -0.3 is 20.1 Å². The molecule has 0 amide bonds. The van der Waals surface area contributed by atoms with Crippen LogP contribution in [0.1, 0.15) is 16.8 Å². The molecule has 1 heterocycles. The Morgan fingerprint density at radius 3 is 3.26 bits per heavy atom. The molecule has 2 rings (SSSR count). The molecule has 19 heavy (non-hydrogen) atoms. The zero-order chi connectivity index (χ0) is 13.5. The number of carbonyl (C=O) groups is 1. The number of ether oxygens (including phenoxy) is 2. The van der Waals surface area contributed by atoms with Crippen LogP contribution in [0.3, 0.4) is 0 Å². The van der Waals surface area contributed by atoms with Crippen LogP contribution in [0.5, 0.6) is 5.75 Å². The van der Waals surface area contributed by atoms with Crippen LogP contribution in [-0.4, -0.2) is 45.7 Å². The van der Waals surface area contributed by atoms with E-state index in [0.717, 1.165) is 30.9 Å². The third-order valence-corrected chi connectivity index (χ3v) is 2.96. The molecular weight excluding hydrogens is 244 g/mol. The Kier molecular flexibility index (Phi) is 5.18. The number of nitrogens with one attached hydrogen (secondary N) is 2. The molecule has 0 saturated heterocycles. The summed E-state index contributed by atoms with van der Waals surface area (Å²) in [6, 6.07) is 5.51. The highest BCUT2D eigenvalue weighted by Crippen LogP contribution is 2.27. The van der Waals surface area contributed by atoms with Gasteiger partial charge in [-0.05, 0) is 31.2 Å². The summed E-state index contributed by atoms with van der Waals surface area (Å²) in [6.45, 7) is 3.29. The van der Waals surface area contributed by atoms with Crippen molar-refractivity contribution in [1.82, 2.24) is 5.32 Å². The van der Waals surface area contributed by atoms with Gasteiger partial charge in [0.25, 0.3) is 0 Å². The molecule has 1 aromatic rings. The SMILES string of the molecule is COCCCNCC(=O)c1ccc2c(c1)NCCO2. The fourth-order valence-corrected chi connectivity index (χ4v) is 1.96. The molecular formula is C14H20N2O3. The van der Waals surface area contributed by atoms with Gasteiger partial charge in [0.15, 0.2) is 5.78 Å². The molecule has 1 aliphatic rings. The van der Waals surface area contributed by atoms with Crippen LogP contribution < -0.4 is 15.4 Å². The highest BCUT2D eigenvalue weighted by atomic mass is 16.5. The first kappa shape index (κ1) is 13.8. The predicted octanol–water partition coefficient (Wildman–Crippen LogP) is 1.30. The molecule has 2 N–H and O–H groups in total. The van der Waals surface area contributed by atoms with E-state index < -0.39 is 0 Å². The van der Waals surface area contributed by atoms with E-state index in [2.05, 4.69) is 10.6 Å². The Labute approximate surface area is 113 Å². The molecule has 0 saturated carbocycles. The Hall–Kier alpha value is -1.59. The summed E-state index contributed by atoms with van der Waals surface area (Å²) in [5.74, 6) is 0.906. The van der Waals surface area contributed by atoms with Gasteiger partial charge in [-0.15, -0.1) is 0 Å². The molecule has 5 nitrogen and oxygen atoms in total. The number of fused-ring (bicyclic) bond motifs is 1. The maximum atomic E-state index is 12.0. The van der Waals surface area contributed by atoms with E-state index in [1.54, 1.807) is 7.11 Å². The smallest absolute Gasteiger partial charge is 0.176 e. The lowest BCUT2D eigenvalue weighted by Gasteiger charge is -2.19. The van der Waals surface area contributed by atoms with Crippen molar-refractivity contribution in [3.05, 3.63) is 23.8 Å². The van der Waals surface area contributed by atoms with Gasteiger partial charge in [-0.1, -0.05) is 0 Å². The van der Waals surface area contributed by atoms with E-state index >= 15 is 0 Å². The number of benzene rings is 1. The molecule has 0 fully saturated rings. The average Bonchev–Trinajstić information content (AvgIpc) is 2.46. The first-order chi connectivity index (χ1) is 9.31. The molecule has 0 atom stereocenters. The van der Waals surface area contributed by atoms with Crippen molar-refractivity contribution in [2.24, 2.45) is 0 Å². The minimum atomic E-state index is 0.0904. The van der Waals surface area contributed by atoms with Crippen molar-refractivity contribution in [2.45, 2.75) is 6.42 Å². The number of rotatable bonds is 7. The van der Waals surface area contributed by atoms with E-state index in [1.165, 1.54) is 0 Å². The normalized spacial score (nSPS) is 13.3. The lowest BCUT2D eigenvalue weighted by atomic mass is 10.1. The maximum Gasteiger partial charge on any atom is 0.176 e. The largest absolute Gasteiger partial charge is 0.490 e. The first-order valence-corrected chi connectivity index (χ1v) is 6.55. The van der Waals surface area contributed by atoms with Crippen molar-refractivity contribution in [1.29, 1.82) is 0 Å². The minimum Gasteiger partial charge on any atom is -0.490 e. The standard InChI is InChI=1S/C14H20N2O3/c1-18-7-2-5-15-10-13(17)11-3-4-14-12(9-11)16-6-8-19-14/h3-4,9,15-16H,2,5-8,10H2,1H3. The van der Waals surface area contributed by atoms with Crippen LogP contribution in [-0.2, 0) is 4.74 Å². The van der Waals surface area contributed by atoms with Gasteiger partial charge in [-0.2, -0.15) is 0 Å². The van der Waals surface area contributed by atoms with Gasteiger partial charge >= 0.3 is 0 Å². The quantitative estimate of drug-likeness (QED) is 0.574. The zero-order valence-corrected chi connectivity index (χ0v) is 11.2. The third-order valence-electron chi connectivity index (χ3n) is 2.96. The Bertz CT molecular complexity index is 435. The van der Waals surface area contributed by atoms with Gasteiger partial charge in [0.1, 0.15) is 12.4 Å². The summed E-state index contributed by atoms with van der Waals surface area (Å²) in [5, 5.41) is 6.35. The van der Waals surface area contributed by atoms with Crippen molar-refractivity contribution in [2.75, 3.05) is 45.3 Å². The summed E-state index contributed by atoms with van der Waals surface area (Å²) in [6.07, 6.45) is 0.906. The molecule has 1 aliphatic heterocycles. The number of anilines is 1. The number of methoxy groups -OCH3 is 1. The summed E-state index contributed by atoms with van der Waals surface area (Å²) in [7, 11) is 1.67. The number of ketones is 1. The number of Topliss-reactive ketones (excluding diaryl/α,β-unsaturated/α-hetero) is 1. The van der Waals surface area contributed by atoms with Crippen LogP contribution in [0.4, 0.5) is 5.69 Å². The Balaban J connectivity index is 1.85. The second-order valence-corrected chi connectivity index (χ2v) is 4.43. The van der Waals surface area contributed by atoms with Gasteiger partial charge in [0, 0.05) is 25.8 Å². The van der Waals surface area contributed by atoms with E-state index in [1.807, 2.05) is 18.2 Å². The van der Waals surface area contributed by atoms with Crippen molar-refractivity contribution in [3.63, 3.8) is 0 Å². The molecule has 0 bridgehead atoms. The third kappa shape index (κ3) is 3.94. The van der Waals surface area contributed by atoms with Crippen LogP contribution in [0.2, 0.25) is 0 Å². The highest BCUT2D eigenvalue weighted by Gasteiger charge is 2.12. The molecule has 0 radical (unpaired) electrons. The minimum absolute atomic E-state index is 0.0904. The molecule has 104 valence electrons. The van der Waals surface area contributed by atoms with Gasteiger partial charge in [0.05, 0.1) is 12.2 Å². The fourth-order valence-electron chi connectivity index (χ4n) is 1.96. The van der Waals surface area contributed by atoms with Crippen LogP contribution >= 0.6 is 0 Å². The number of hydrogen-bond acceptors (Lipinski definition) is 5. The van der Waals surface area contributed by atoms with E-state index in [-0.39, 0.29) is 5.78 Å². The van der Waals surface area contributed by atoms with E-state index in [0.29, 0.717) is 25.3 Å². The van der Waals surface area contributed by atoms with Crippen LogP contribution in [0.25, 0.3) is 0 Å². The topological polar surface area (TPSA) is 59.6 Å². The zero-order valence-electron chi connectivity index (χ0n) is 11.2. The van der Waals surface area contributed by atoms with Gasteiger partial charge in [0.2, 0.25) is 0 Å². The molecule has 0 spiro atoms. The highest BCUT2D eigenvalue weighted by molar-refractivity contribution is 5.98. The summed E-state index contributed by atoms with van der Waals surface area (Å²) in [4.78, 5) is 12.0. The molecule has 0 aliphatic carbocycles. The maximum absolute atomic E-state index is 12.0. The average molecular weight is 264 g/mol. The first-order valence-electron chi connectivity index (χ1n) is 6.55. The van der Waals surface area contributed by atoms with Gasteiger partial charge in [-0.25, -0.2) is 0 Å². The van der Waals surface area contributed by atoms with E-state index in [4.69, 9.17) is 9.47 Å². The van der Waals surface area contributed by atoms with Crippen LogP contribution in [0, 0.1) is 0 Å². The van der Waals surface area contributed by atoms with Crippen molar-refractivity contribution >= 4 is 11.5 Å². The predicted molar refractivity (Wildman–Crippen MR) is 74.1 cm³/mol. The summed E-state index contributed by atoms with van der Waals surface area (Å²) < 4.78 is 10.4. The number of carbonyl (C=O) groups excluding carboxylic acids is 1. The lowest BCUT2D eigenvalue weighted by molar-refractivity contribution is 0.0990. The molecule has 0 unspecified atom stereocenters. The van der Waals surface area contributed by atoms with Crippen molar-refractivity contribution < 1.29 is 14.3 Å². The second-order valence-electron chi connectivity index (χ2n) is 4.43. The Morgan fingerprint density at radius 2 is 2.42 bits per heavy atom. The Morgan fingerprint density at radius 1 is 1.53 bits per heavy atom. The fraction of sp³-hybridized carbons (Fsp3) is 0.500. The second kappa shape index (κ2) is 7.11. The lowest BCUT2D eigenvalue weighted by Crippen LogP contribution is -2.25. The molecule has 0 aromatic heterocycles. The number of hydrogen-bond donors (Lipinski definition) is 2. The van der Waals surface area contributed by atoms with Crippen molar-refractivity contribution in [3.8, 4) is 5.75 Å². The summed E-state index contributed by atoms with van der Waals surface area (Å²) >= 11 is 0.